The molecule has 0 amide bonds. The highest BCUT2D eigenvalue weighted by Gasteiger charge is 2.30. The number of nitrogen functional groups attached to an aromatic ring is 1. The summed E-state index contributed by atoms with van der Waals surface area (Å²) in [5.74, 6) is 0. The van der Waals surface area contributed by atoms with Crippen molar-refractivity contribution in [3.63, 3.8) is 0 Å². The molecule has 3 nitrogen and oxygen atoms in total. The van der Waals surface area contributed by atoms with E-state index >= 15 is 0 Å². The number of hydrogen-bond acceptors (Lipinski definition) is 3. The van der Waals surface area contributed by atoms with Crippen LogP contribution in [-0.2, 0) is 10.9 Å². The van der Waals surface area contributed by atoms with Crippen LogP contribution in [0, 0.1) is 0 Å². The van der Waals surface area contributed by atoms with Gasteiger partial charge in [0.05, 0.1) is 23.5 Å². The Hall–Kier alpha value is -1.43. The molecule has 1 rings (SSSR count). The molecule has 0 aliphatic carbocycles. The molecule has 6 heteroatoms. The molecule has 0 saturated heterocycles. The van der Waals surface area contributed by atoms with Crippen LogP contribution in [0.1, 0.15) is 18.9 Å². The third-order valence-electron chi connectivity index (χ3n) is 2.60. The van der Waals surface area contributed by atoms with E-state index in [1.165, 1.54) is 6.07 Å². The average molecular weight is 262 g/mol. The van der Waals surface area contributed by atoms with Crippen LogP contribution in [0.15, 0.2) is 18.2 Å². The maximum absolute atomic E-state index is 12.5. The molecule has 0 aliphatic heterocycles. The summed E-state index contributed by atoms with van der Waals surface area (Å²) in [5.41, 5.74) is 5.44. The van der Waals surface area contributed by atoms with E-state index in [1.807, 2.05) is 6.92 Å². The molecule has 1 unspecified atom stereocenters. The first-order valence-corrected chi connectivity index (χ1v) is 5.60. The van der Waals surface area contributed by atoms with E-state index < -0.39 is 11.7 Å². The number of rotatable bonds is 5. The fraction of sp³-hybridized carbons (Fsp3) is 0.500. The predicted octanol–water partition coefficient (Wildman–Crippen LogP) is 3.12. The summed E-state index contributed by atoms with van der Waals surface area (Å²) in [6.45, 7) is 2.42. The first-order valence-electron chi connectivity index (χ1n) is 5.60. The lowest BCUT2D eigenvalue weighted by molar-refractivity contribution is -0.137. The van der Waals surface area contributed by atoms with Crippen LogP contribution in [0.4, 0.5) is 24.5 Å². The van der Waals surface area contributed by atoms with Gasteiger partial charge in [-0.1, -0.05) is 6.92 Å². The Balaban J connectivity index is 2.85. The topological polar surface area (TPSA) is 47.3 Å². The molecule has 0 spiro atoms. The summed E-state index contributed by atoms with van der Waals surface area (Å²) in [6, 6.07) is 3.31. The Bertz CT molecular complexity index is 393. The molecule has 0 bridgehead atoms. The van der Waals surface area contributed by atoms with Crippen molar-refractivity contribution in [1.82, 2.24) is 0 Å². The first-order chi connectivity index (χ1) is 8.38. The highest BCUT2D eigenvalue weighted by Crippen LogP contribution is 2.33. The molecule has 0 saturated carbocycles. The number of nitrogens with one attached hydrogen (secondary N) is 1. The van der Waals surface area contributed by atoms with Crippen LogP contribution in [0.25, 0.3) is 0 Å². The molecule has 3 N–H and O–H groups in total. The third kappa shape index (κ3) is 3.80. The van der Waals surface area contributed by atoms with Crippen LogP contribution in [0.3, 0.4) is 0 Å². The molecule has 102 valence electrons. The average Bonchev–Trinajstić information content (AvgIpc) is 2.29. The van der Waals surface area contributed by atoms with Crippen molar-refractivity contribution in [3.05, 3.63) is 23.8 Å². The van der Waals surface area contributed by atoms with Gasteiger partial charge in [-0.25, -0.2) is 0 Å². The molecular weight excluding hydrogens is 245 g/mol. The minimum Gasteiger partial charge on any atom is -0.397 e. The molecule has 0 aliphatic rings. The van der Waals surface area contributed by atoms with Crippen molar-refractivity contribution in [1.29, 1.82) is 0 Å². The molecule has 0 fully saturated rings. The van der Waals surface area contributed by atoms with E-state index in [9.17, 15) is 13.2 Å². The lowest BCUT2D eigenvalue weighted by Gasteiger charge is -2.19. The second-order valence-electron chi connectivity index (χ2n) is 4.00. The monoisotopic (exact) mass is 262 g/mol. The molecule has 0 heterocycles. The summed E-state index contributed by atoms with van der Waals surface area (Å²) >= 11 is 0. The Kier molecular flexibility index (Phi) is 4.84. The van der Waals surface area contributed by atoms with Crippen molar-refractivity contribution in [2.24, 2.45) is 0 Å². The summed E-state index contributed by atoms with van der Waals surface area (Å²) < 4.78 is 42.4. The minimum atomic E-state index is -4.37. The molecule has 1 aromatic carbocycles. The summed E-state index contributed by atoms with van der Waals surface area (Å²) in [5, 5.41) is 3.06. The quantitative estimate of drug-likeness (QED) is 0.801. The van der Waals surface area contributed by atoms with Gasteiger partial charge in [0.1, 0.15) is 0 Å². The molecular formula is C12H17F3N2O. The second kappa shape index (κ2) is 5.95. The van der Waals surface area contributed by atoms with Crippen LogP contribution in [0.2, 0.25) is 0 Å². The van der Waals surface area contributed by atoms with Crippen molar-refractivity contribution in [2.75, 3.05) is 24.8 Å². The number of alkyl halides is 3. The smallest absolute Gasteiger partial charge is 0.397 e. The SMILES string of the molecule is CCC(COC)Nc1ccc(C(F)(F)F)cc1N. The van der Waals surface area contributed by atoms with Gasteiger partial charge in [0.15, 0.2) is 0 Å². The molecule has 1 aromatic rings. The Labute approximate surface area is 104 Å². The fourth-order valence-corrected chi connectivity index (χ4v) is 1.55. The van der Waals surface area contributed by atoms with Crippen LogP contribution in [-0.4, -0.2) is 19.8 Å². The predicted molar refractivity (Wildman–Crippen MR) is 65.4 cm³/mol. The number of hydrogen-bond donors (Lipinski definition) is 2. The molecule has 1 atom stereocenters. The van der Waals surface area contributed by atoms with E-state index in [2.05, 4.69) is 5.32 Å². The van der Waals surface area contributed by atoms with Gasteiger partial charge in [-0.3, -0.25) is 0 Å². The number of nitrogens with two attached hydrogens (primary N) is 1. The summed E-state index contributed by atoms with van der Waals surface area (Å²) in [7, 11) is 1.57. The number of benzene rings is 1. The van der Waals surface area contributed by atoms with Gasteiger partial charge in [-0.15, -0.1) is 0 Å². The number of anilines is 2. The van der Waals surface area contributed by atoms with E-state index in [-0.39, 0.29) is 11.7 Å². The van der Waals surface area contributed by atoms with E-state index in [4.69, 9.17) is 10.5 Å². The minimum absolute atomic E-state index is 0.0223. The Morgan fingerprint density at radius 1 is 1.39 bits per heavy atom. The van der Waals surface area contributed by atoms with Crippen molar-refractivity contribution < 1.29 is 17.9 Å². The Morgan fingerprint density at radius 3 is 2.50 bits per heavy atom. The highest BCUT2D eigenvalue weighted by molar-refractivity contribution is 5.67. The van der Waals surface area contributed by atoms with Crippen LogP contribution in [0.5, 0.6) is 0 Å². The summed E-state index contributed by atoms with van der Waals surface area (Å²) in [4.78, 5) is 0. The lowest BCUT2D eigenvalue weighted by atomic mass is 10.1. The molecule has 18 heavy (non-hydrogen) atoms. The van der Waals surface area contributed by atoms with Gasteiger partial charge in [-0.05, 0) is 24.6 Å². The number of methoxy groups -OCH3 is 1. The van der Waals surface area contributed by atoms with Gasteiger partial charge in [0.2, 0.25) is 0 Å². The number of halogens is 3. The van der Waals surface area contributed by atoms with Crippen molar-refractivity contribution >= 4 is 11.4 Å². The second-order valence-corrected chi connectivity index (χ2v) is 4.00. The number of ether oxygens (including phenoxy) is 1. The zero-order valence-electron chi connectivity index (χ0n) is 10.3. The maximum atomic E-state index is 12.5. The zero-order valence-corrected chi connectivity index (χ0v) is 10.3. The lowest BCUT2D eigenvalue weighted by Crippen LogP contribution is -2.24. The van der Waals surface area contributed by atoms with Gasteiger partial charge >= 0.3 is 6.18 Å². The van der Waals surface area contributed by atoms with E-state index in [0.717, 1.165) is 18.6 Å². The largest absolute Gasteiger partial charge is 0.416 e. The van der Waals surface area contributed by atoms with Crippen molar-refractivity contribution in [3.8, 4) is 0 Å². The standard InChI is InChI=1S/C12H17F3N2O/c1-3-9(7-18-2)17-11-5-4-8(6-10(11)16)12(13,14)15/h4-6,9,17H,3,7,16H2,1-2H3. The molecule has 0 aromatic heterocycles. The normalized spacial score (nSPS) is 13.4. The van der Waals surface area contributed by atoms with Crippen LogP contribution < -0.4 is 11.1 Å². The van der Waals surface area contributed by atoms with Gasteiger partial charge in [0, 0.05) is 13.2 Å². The van der Waals surface area contributed by atoms with E-state index in [1.54, 1.807) is 7.11 Å². The summed E-state index contributed by atoms with van der Waals surface area (Å²) in [6.07, 6.45) is -3.59. The van der Waals surface area contributed by atoms with Crippen molar-refractivity contribution in [2.45, 2.75) is 25.6 Å². The maximum Gasteiger partial charge on any atom is 0.416 e. The fourth-order valence-electron chi connectivity index (χ4n) is 1.55. The van der Waals surface area contributed by atoms with Crippen LogP contribution >= 0.6 is 0 Å². The van der Waals surface area contributed by atoms with Gasteiger partial charge < -0.3 is 15.8 Å². The van der Waals surface area contributed by atoms with Gasteiger partial charge in [-0.2, -0.15) is 13.2 Å². The van der Waals surface area contributed by atoms with Gasteiger partial charge in [0.25, 0.3) is 0 Å². The highest BCUT2D eigenvalue weighted by atomic mass is 19.4. The third-order valence-corrected chi connectivity index (χ3v) is 2.60. The Morgan fingerprint density at radius 2 is 2.06 bits per heavy atom. The zero-order chi connectivity index (χ0) is 13.8. The van der Waals surface area contributed by atoms with E-state index in [0.29, 0.717) is 12.3 Å². The first kappa shape index (κ1) is 14.6. The molecule has 0 radical (unpaired) electrons.